The fourth-order valence-corrected chi connectivity index (χ4v) is 2.92. The average molecular weight is 262 g/mol. The number of aromatic nitrogens is 1. The number of ether oxygens (including phenoxy) is 2. The van der Waals surface area contributed by atoms with Crippen molar-refractivity contribution < 1.29 is 9.47 Å². The van der Waals surface area contributed by atoms with Crippen molar-refractivity contribution in [3.8, 4) is 21.9 Å². The summed E-state index contributed by atoms with van der Waals surface area (Å²) in [6.45, 7) is 2.07. The summed E-state index contributed by atoms with van der Waals surface area (Å²) >= 11 is 1.45. The number of hydrogen-bond donors (Lipinski definition) is 1. The van der Waals surface area contributed by atoms with Crippen molar-refractivity contribution in [2.45, 2.75) is 19.4 Å². The Balaban J connectivity index is 2.12. The molecule has 0 aliphatic carbocycles. The van der Waals surface area contributed by atoms with E-state index in [9.17, 15) is 0 Å². The second-order valence-electron chi connectivity index (χ2n) is 4.36. The molecular weight excluding hydrogens is 248 g/mol. The van der Waals surface area contributed by atoms with E-state index in [0.29, 0.717) is 5.13 Å². The second kappa shape index (κ2) is 4.17. The highest BCUT2D eigenvalue weighted by Gasteiger charge is 2.22. The summed E-state index contributed by atoms with van der Waals surface area (Å²) in [5.74, 6) is 1.78. The van der Waals surface area contributed by atoms with Gasteiger partial charge in [-0.05, 0) is 19.1 Å². The highest BCUT2D eigenvalue weighted by molar-refractivity contribution is 7.18. The Morgan fingerprint density at radius 1 is 1.50 bits per heavy atom. The normalized spacial score (nSPS) is 17.3. The Kier molecular flexibility index (Phi) is 2.63. The third-order valence-corrected chi connectivity index (χ3v) is 3.87. The van der Waals surface area contributed by atoms with Crippen LogP contribution in [0, 0.1) is 0 Å². The first-order valence-electron chi connectivity index (χ1n) is 5.76. The summed E-state index contributed by atoms with van der Waals surface area (Å²) in [5, 5.41) is 0.557. The van der Waals surface area contributed by atoms with Gasteiger partial charge in [0.1, 0.15) is 17.6 Å². The number of hydrogen-bond acceptors (Lipinski definition) is 5. The van der Waals surface area contributed by atoms with E-state index in [1.807, 2.05) is 12.1 Å². The van der Waals surface area contributed by atoms with E-state index in [4.69, 9.17) is 15.2 Å². The number of benzene rings is 1. The van der Waals surface area contributed by atoms with Gasteiger partial charge in [0.15, 0.2) is 5.13 Å². The van der Waals surface area contributed by atoms with Gasteiger partial charge in [-0.25, -0.2) is 4.98 Å². The molecule has 0 saturated heterocycles. The zero-order chi connectivity index (χ0) is 12.7. The molecule has 1 aliphatic rings. The number of thiazole rings is 1. The van der Waals surface area contributed by atoms with Crippen LogP contribution in [-0.2, 0) is 6.42 Å². The first kappa shape index (κ1) is 11.3. The summed E-state index contributed by atoms with van der Waals surface area (Å²) < 4.78 is 11.2. The van der Waals surface area contributed by atoms with Gasteiger partial charge in [-0.2, -0.15) is 0 Å². The largest absolute Gasteiger partial charge is 0.496 e. The highest BCUT2D eigenvalue weighted by atomic mass is 32.1. The molecule has 1 aliphatic heterocycles. The standard InChI is InChI=1S/C13H14N2O2S/c1-7-3-8-4-11(16-2)9(5-10(8)17-7)12-6-15-13(14)18-12/h4-7H,3H2,1-2H3,(H2,14,15). The molecule has 0 bridgehead atoms. The molecule has 3 rings (SSSR count). The number of rotatable bonds is 2. The Morgan fingerprint density at radius 3 is 3.00 bits per heavy atom. The number of nitrogens with two attached hydrogens (primary N) is 1. The molecule has 1 aromatic heterocycles. The van der Waals surface area contributed by atoms with Crippen molar-refractivity contribution in [1.82, 2.24) is 4.98 Å². The molecule has 2 N–H and O–H groups in total. The highest BCUT2D eigenvalue weighted by Crippen LogP contribution is 2.41. The fourth-order valence-electron chi connectivity index (χ4n) is 2.21. The fraction of sp³-hybridized carbons (Fsp3) is 0.308. The maximum atomic E-state index is 5.77. The third kappa shape index (κ3) is 1.80. The van der Waals surface area contributed by atoms with Crippen molar-refractivity contribution in [3.05, 3.63) is 23.9 Å². The van der Waals surface area contributed by atoms with Gasteiger partial charge < -0.3 is 15.2 Å². The summed E-state index contributed by atoms with van der Waals surface area (Å²) in [7, 11) is 1.68. The third-order valence-electron chi connectivity index (χ3n) is 3.01. The smallest absolute Gasteiger partial charge is 0.180 e. The van der Waals surface area contributed by atoms with Crippen molar-refractivity contribution in [3.63, 3.8) is 0 Å². The first-order chi connectivity index (χ1) is 8.67. The lowest BCUT2D eigenvalue weighted by molar-refractivity contribution is 0.254. The zero-order valence-corrected chi connectivity index (χ0v) is 11.1. The Labute approximate surface area is 109 Å². The Bertz CT molecular complexity index is 595. The lowest BCUT2D eigenvalue weighted by Gasteiger charge is -2.09. The number of anilines is 1. The predicted molar refractivity (Wildman–Crippen MR) is 72.3 cm³/mol. The van der Waals surface area contributed by atoms with Crippen LogP contribution in [-0.4, -0.2) is 18.2 Å². The van der Waals surface area contributed by atoms with Crippen LogP contribution < -0.4 is 15.2 Å². The lowest BCUT2D eigenvalue weighted by Crippen LogP contribution is -2.05. The summed E-state index contributed by atoms with van der Waals surface area (Å²) in [4.78, 5) is 5.07. The molecule has 0 spiro atoms. The zero-order valence-electron chi connectivity index (χ0n) is 10.3. The topological polar surface area (TPSA) is 57.4 Å². The van der Waals surface area contributed by atoms with E-state index in [1.165, 1.54) is 16.9 Å². The quantitative estimate of drug-likeness (QED) is 0.904. The van der Waals surface area contributed by atoms with Crippen molar-refractivity contribution >= 4 is 16.5 Å². The van der Waals surface area contributed by atoms with Crippen LogP contribution in [0.3, 0.4) is 0 Å². The summed E-state index contributed by atoms with van der Waals surface area (Å²) in [6, 6.07) is 4.06. The molecular formula is C13H14N2O2S. The molecule has 0 saturated carbocycles. The maximum absolute atomic E-state index is 5.77. The van der Waals surface area contributed by atoms with E-state index in [2.05, 4.69) is 11.9 Å². The first-order valence-corrected chi connectivity index (χ1v) is 6.58. The molecule has 0 radical (unpaired) electrons. The van der Waals surface area contributed by atoms with E-state index in [1.54, 1.807) is 13.3 Å². The molecule has 18 heavy (non-hydrogen) atoms. The predicted octanol–water partition coefficient (Wildman–Crippen LogP) is 2.72. The van der Waals surface area contributed by atoms with Crippen LogP contribution >= 0.6 is 11.3 Å². The number of fused-ring (bicyclic) bond motifs is 1. The van der Waals surface area contributed by atoms with E-state index in [0.717, 1.165) is 28.4 Å². The summed E-state index contributed by atoms with van der Waals surface area (Å²) in [5.41, 5.74) is 7.86. The van der Waals surface area contributed by atoms with Gasteiger partial charge in [0, 0.05) is 23.7 Å². The number of nitrogen functional groups attached to an aromatic ring is 1. The van der Waals surface area contributed by atoms with Gasteiger partial charge in [0.05, 0.1) is 12.0 Å². The summed E-state index contributed by atoms with van der Waals surface area (Å²) in [6.07, 6.45) is 2.92. The Hall–Kier alpha value is -1.75. The molecule has 2 aromatic rings. The average Bonchev–Trinajstić information content (AvgIpc) is 2.91. The van der Waals surface area contributed by atoms with Crippen molar-refractivity contribution in [1.29, 1.82) is 0 Å². The minimum Gasteiger partial charge on any atom is -0.496 e. The van der Waals surface area contributed by atoms with E-state index >= 15 is 0 Å². The minimum atomic E-state index is 0.228. The van der Waals surface area contributed by atoms with Crippen molar-refractivity contribution in [2.24, 2.45) is 0 Å². The molecule has 1 atom stereocenters. The van der Waals surface area contributed by atoms with E-state index < -0.39 is 0 Å². The van der Waals surface area contributed by atoms with E-state index in [-0.39, 0.29) is 6.10 Å². The van der Waals surface area contributed by atoms with Gasteiger partial charge in [0.25, 0.3) is 0 Å². The van der Waals surface area contributed by atoms with Gasteiger partial charge in [-0.3, -0.25) is 0 Å². The monoisotopic (exact) mass is 262 g/mol. The molecule has 2 heterocycles. The minimum absolute atomic E-state index is 0.228. The second-order valence-corrected chi connectivity index (χ2v) is 5.42. The van der Waals surface area contributed by atoms with Gasteiger partial charge in [-0.1, -0.05) is 11.3 Å². The number of methoxy groups -OCH3 is 1. The van der Waals surface area contributed by atoms with Gasteiger partial charge in [-0.15, -0.1) is 0 Å². The maximum Gasteiger partial charge on any atom is 0.180 e. The van der Waals surface area contributed by atoms with Crippen LogP contribution in [0.1, 0.15) is 12.5 Å². The van der Waals surface area contributed by atoms with Gasteiger partial charge >= 0.3 is 0 Å². The van der Waals surface area contributed by atoms with Crippen LogP contribution in [0.2, 0.25) is 0 Å². The molecule has 1 aromatic carbocycles. The number of nitrogens with zero attached hydrogens (tertiary/aromatic N) is 1. The molecule has 1 unspecified atom stereocenters. The van der Waals surface area contributed by atoms with Crippen LogP contribution in [0.25, 0.3) is 10.4 Å². The molecule has 0 amide bonds. The Morgan fingerprint density at radius 2 is 2.33 bits per heavy atom. The van der Waals surface area contributed by atoms with Crippen LogP contribution in [0.5, 0.6) is 11.5 Å². The van der Waals surface area contributed by atoms with Crippen LogP contribution in [0.4, 0.5) is 5.13 Å². The van der Waals surface area contributed by atoms with Gasteiger partial charge in [0.2, 0.25) is 0 Å². The molecule has 0 fully saturated rings. The lowest BCUT2D eigenvalue weighted by atomic mass is 10.1. The molecule has 5 heteroatoms. The molecule has 4 nitrogen and oxygen atoms in total. The van der Waals surface area contributed by atoms with Crippen LogP contribution in [0.15, 0.2) is 18.3 Å². The molecule has 94 valence electrons. The SMILES string of the molecule is COc1cc2c(cc1-c1cnc(N)s1)OC(C)C2. The van der Waals surface area contributed by atoms with Crippen molar-refractivity contribution in [2.75, 3.05) is 12.8 Å².